The van der Waals surface area contributed by atoms with E-state index < -0.39 is 0 Å². The molecule has 0 unspecified atom stereocenters. The Bertz CT molecular complexity index is 720. The minimum atomic E-state index is 0.824. The monoisotopic (exact) mass is 306 g/mol. The summed E-state index contributed by atoms with van der Waals surface area (Å²) in [5.41, 5.74) is 4.39. The van der Waals surface area contributed by atoms with Crippen LogP contribution < -0.4 is 5.32 Å². The summed E-state index contributed by atoms with van der Waals surface area (Å²) < 4.78 is 1.95. The van der Waals surface area contributed by atoms with E-state index in [2.05, 4.69) is 35.6 Å². The number of para-hydroxylation sites is 1. The number of pyridine rings is 1. The van der Waals surface area contributed by atoms with E-state index in [-0.39, 0.29) is 0 Å². The summed E-state index contributed by atoms with van der Waals surface area (Å²) in [4.78, 5) is 4.10. The molecule has 2 aromatic heterocycles. The third-order valence-electron chi connectivity index (χ3n) is 3.79. The Morgan fingerprint density at radius 1 is 1.04 bits per heavy atom. The predicted octanol–water partition coefficient (Wildman–Crippen LogP) is 3.82. The normalized spacial score (nSPS) is 10.8. The highest BCUT2D eigenvalue weighted by molar-refractivity contribution is 5.62. The third kappa shape index (κ3) is 3.85. The molecule has 0 fully saturated rings. The lowest BCUT2D eigenvalue weighted by atomic mass is 10.1. The summed E-state index contributed by atoms with van der Waals surface area (Å²) >= 11 is 0. The van der Waals surface area contributed by atoms with E-state index >= 15 is 0 Å². The number of nitrogens with zero attached hydrogens (tertiary/aromatic N) is 3. The Labute approximate surface area is 137 Å². The van der Waals surface area contributed by atoms with Gasteiger partial charge in [-0.1, -0.05) is 31.5 Å². The van der Waals surface area contributed by atoms with Gasteiger partial charge >= 0.3 is 0 Å². The van der Waals surface area contributed by atoms with Crippen LogP contribution in [0.3, 0.4) is 0 Å². The van der Waals surface area contributed by atoms with Crippen molar-refractivity contribution in [2.45, 2.75) is 26.3 Å². The standard InChI is InChI=1S/C19H22N4/c1-2-3-11-21-14-17-15-23(18-7-5-4-6-8-18)22-19(17)16-9-12-20-13-10-16/h4-10,12-13,15,21H,2-3,11,14H2,1H3. The molecule has 3 rings (SSSR count). The van der Waals surface area contributed by atoms with E-state index in [0.717, 1.165) is 30.0 Å². The van der Waals surface area contributed by atoms with Gasteiger partial charge in [-0.2, -0.15) is 5.10 Å². The molecule has 0 bridgehead atoms. The van der Waals surface area contributed by atoms with E-state index in [9.17, 15) is 0 Å². The van der Waals surface area contributed by atoms with Gasteiger partial charge in [-0.3, -0.25) is 4.98 Å². The molecule has 3 aromatic rings. The van der Waals surface area contributed by atoms with E-state index in [0.29, 0.717) is 0 Å². The number of unbranched alkanes of at least 4 members (excludes halogenated alkanes) is 1. The van der Waals surface area contributed by atoms with Crippen molar-refractivity contribution in [1.82, 2.24) is 20.1 Å². The zero-order chi connectivity index (χ0) is 15.9. The molecule has 0 radical (unpaired) electrons. The molecular weight excluding hydrogens is 284 g/mol. The van der Waals surface area contributed by atoms with E-state index in [1.165, 1.54) is 18.4 Å². The average molecular weight is 306 g/mol. The fourth-order valence-corrected chi connectivity index (χ4v) is 2.53. The van der Waals surface area contributed by atoms with Crippen LogP contribution in [0.15, 0.2) is 61.1 Å². The number of hydrogen-bond donors (Lipinski definition) is 1. The zero-order valence-corrected chi connectivity index (χ0v) is 13.4. The molecule has 4 nitrogen and oxygen atoms in total. The molecule has 0 aliphatic heterocycles. The number of benzene rings is 1. The van der Waals surface area contributed by atoms with Crippen molar-refractivity contribution >= 4 is 0 Å². The highest BCUT2D eigenvalue weighted by Gasteiger charge is 2.11. The summed E-state index contributed by atoms with van der Waals surface area (Å²) in [6.07, 6.45) is 8.13. The van der Waals surface area contributed by atoms with Crippen LogP contribution in [0.5, 0.6) is 0 Å². The van der Waals surface area contributed by atoms with Crippen molar-refractivity contribution in [2.24, 2.45) is 0 Å². The first-order valence-electron chi connectivity index (χ1n) is 8.13. The van der Waals surface area contributed by atoms with Gasteiger partial charge in [0.25, 0.3) is 0 Å². The van der Waals surface area contributed by atoms with Crippen LogP contribution in [-0.4, -0.2) is 21.3 Å². The molecule has 118 valence electrons. The minimum absolute atomic E-state index is 0.824. The van der Waals surface area contributed by atoms with Gasteiger partial charge in [-0.15, -0.1) is 0 Å². The molecule has 0 aliphatic carbocycles. The van der Waals surface area contributed by atoms with Crippen molar-refractivity contribution in [3.8, 4) is 16.9 Å². The molecule has 0 spiro atoms. The van der Waals surface area contributed by atoms with Crippen molar-refractivity contribution in [3.63, 3.8) is 0 Å². The lowest BCUT2D eigenvalue weighted by Gasteiger charge is -2.04. The molecule has 23 heavy (non-hydrogen) atoms. The van der Waals surface area contributed by atoms with Gasteiger partial charge in [0.05, 0.1) is 11.4 Å². The Balaban J connectivity index is 1.90. The van der Waals surface area contributed by atoms with Gasteiger partial charge in [0, 0.05) is 36.3 Å². The second kappa shape index (κ2) is 7.70. The fraction of sp³-hybridized carbons (Fsp3) is 0.263. The molecule has 1 aromatic carbocycles. The number of aromatic nitrogens is 3. The van der Waals surface area contributed by atoms with Crippen LogP contribution in [0.25, 0.3) is 16.9 Å². The van der Waals surface area contributed by atoms with Crippen LogP contribution in [0.1, 0.15) is 25.3 Å². The number of hydrogen-bond acceptors (Lipinski definition) is 3. The largest absolute Gasteiger partial charge is 0.313 e. The van der Waals surface area contributed by atoms with Crippen molar-refractivity contribution in [3.05, 3.63) is 66.6 Å². The molecule has 4 heteroatoms. The van der Waals surface area contributed by atoms with Crippen LogP contribution in [0, 0.1) is 0 Å². The van der Waals surface area contributed by atoms with Crippen molar-refractivity contribution in [2.75, 3.05) is 6.54 Å². The molecule has 2 heterocycles. The molecule has 0 atom stereocenters. The summed E-state index contributed by atoms with van der Waals surface area (Å²) in [7, 11) is 0. The fourth-order valence-electron chi connectivity index (χ4n) is 2.53. The van der Waals surface area contributed by atoms with Gasteiger partial charge in [-0.25, -0.2) is 4.68 Å². The third-order valence-corrected chi connectivity index (χ3v) is 3.79. The van der Waals surface area contributed by atoms with E-state index in [1.807, 2.05) is 47.4 Å². The summed E-state index contributed by atoms with van der Waals surface area (Å²) in [6, 6.07) is 14.2. The maximum absolute atomic E-state index is 4.80. The summed E-state index contributed by atoms with van der Waals surface area (Å²) in [5.74, 6) is 0. The maximum atomic E-state index is 4.80. The molecule has 1 N–H and O–H groups in total. The van der Waals surface area contributed by atoms with Gasteiger partial charge < -0.3 is 5.32 Å². The lowest BCUT2D eigenvalue weighted by Crippen LogP contribution is -2.14. The van der Waals surface area contributed by atoms with E-state index in [4.69, 9.17) is 5.10 Å². The van der Waals surface area contributed by atoms with Crippen molar-refractivity contribution < 1.29 is 0 Å². The molecule has 0 saturated heterocycles. The quantitative estimate of drug-likeness (QED) is 0.675. The highest BCUT2D eigenvalue weighted by Crippen LogP contribution is 2.23. The Kier molecular flexibility index (Phi) is 5.17. The molecular formula is C19H22N4. The number of nitrogens with one attached hydrogen (secondary N) is 1. The Hall–Kier alpha value is -2.46. The van der Waals surface area contributed by atoms with Crippen LogP contribution in [0.4, 0.5) is 0 Å². The van der Waals surface area contributed by atoms with E-state index in [1.54, 1.807) is 0 Å². The SMILES string of the molecule is CCCCNCc1cn(-c2ccccc2)nc1-c1ccncc1. The van der Waals surface area contributed by atoms with Gasteiger partial charge in [0.2, 0.25) is 0 Å². The molecule has 0 saturated carbocycles. The smallest absolute Gasteiger partial charge is 0.0973 e. The Morgan fingerprint density at radius 3 is 2.57 bits per heavy atom. The van der Waals surface area contributed by atoms with Crippen LogP contribution >= 0.6 is 0 Å². The molecule has 0 aliphatic rings. The zero-order valence-electron chi connectivity index (χ0n) is 13.4. The average Bonchev–Trinajstić information content (AvgIpc) is 3.04. The predicted molar refractivity (Wildman–Crippen MR) is 93.4 cm³/mol. The van der Waals surface area contributed by atoms with Crippen LogP contribution in [0.2, 0.25) is 0 Å². The summed E-state index contributed by atoms with van der Waals surface area (Å²) in [5, 5.41) is 8.31. The first kappa shape index (κ1) is 15.4. The second-order valence-electron chi connectivity index (χ2n) is 5.55. The second-order valence-corrected chi connectivity index (χ2v) is 5.55. The first-order valence-corrected chi connectivity index (χ1v) is 8.13. The van der Waals surface area contributed by atoms with Gasteiger partial charge in [0.15, 0.2) is 0 Å². The highest BCUT2D eigenvalue weighted by atomic mass is 15.3. The van der Waals surface area contributed by atoms with Gasteiger partial charge in [0.1, 0.15) is 0 Å². The lowest BCUT2D eigenvalue weighted by molar-refractivity contribution is 0.642. The maximum Gasteiger partial charge on any atom is 0.0973 e. The first-order chi connectivity index (χ1) is 11.4. The topological polar surface area (TPSA) is 42.7 Å². The number of rotatable bonds is 7. The Morgan fingerprint density at radius 2 is 1.83 bits per heavy atom. The van der Waals surface area contributed by atoms with Crippen molar-refractivity contribution in [1.29, 1.82) is 0 Å². The van der Waals surface area contributed by atoms with Gasteiger partial charge in [-0.05, 0) is 37.2 Å². The molecule has 0 amide bonds. The van der Waals surface area contributed by atoms with Crippen LogP contribution in [-0.2, 0) is 6.54 Å². The summed E-state index contributed by atoms with van der Waals surface area (Å²) in [6.45, 7) is 4.06. The minimum Gasteiger partial charge on any atom is -0.313 e.